The smallest absolute Gasteiger partial charge is 0.217 e. The summed E-state index contributed by atoms with van der Waals surface area (Å²) >= 11 is 0. The van der Waals surface area contributed by atoms with E-state index in [0.29, 0.717) is 6.54 Å². The normalized spacial score (nSPS) is 17.4. The fraction of sp³-hybridized carbons (Fsp3) is 0.562. The molecule has 0 atom stereocenters. The molecule has 0 bridgehead atoms. The van der Waals surface area contributed by atoms with E-state index in [-0.39, 0.29) is 5.91 Å². The maximum atomic E-state index is 10.9. The van der Waals surface area contributed by atoms with Gasteiger partial charge in [0, 0.05) is 20.0 Å². The number of rotatable bonds is 4. The van der Waals surface area contributed by atoms with Crippen molar-refractivity contribution in [2.45, 2.75) is 39.8 Å². The van der Waals surface area contributed by atoms with E-state index in [4.69, 9.17) is 0 Å². The standard InChI is InChI=1S/C16H24N2O/c1-13-7-9-18(10-8-13)12-16-5-3-15(4-6-16)11-17-14(2)19/h3-6,13H,7-12H2,1-2H3,(H,17,19). The Bertz CT molecular complexity index is 405. The number of nitrogens with one attached hydrogen (secondary N) is 1. The molecule has 19 heavy (non-hydrogen) atoms. The van der Waals surface area contributed by atoms with Crippen LogP contribution < -0.4 is 5.32 Å². The van der Waals surface area contributed by atoms with Crippen LogP contribution in [0.25, 0.3) is 0 Å². The zero-order valence-electron chi connectivity index (χ0n) is 12.0. The van der Waals surface area contributed by atoms with E-state index in [1.165, 1.54) is 31.5 Å². The lowest BCUT2D eigenvalue weighted by atomic mass is 9.99. The SMILES string of the molecule is CC(=O)NCc1ccc(CN2CCC(C)CC2)cc1. The molecular weight excluding hydrogens is 236 g/mol. The molecule has 0 aliphatic carbocycles. The molecule has 1 heterocycles. The predicted molar refractivity (Wildman–Crippen MR) is 77.6 cm³/mol. The Morgan fingerprint density at radius 2 is 1.79 bits per heavy atom. The number of carbonyl (C=O) groups excluding carboxylic acids is 1. The Morgan fingerprint density at radius 3 is 2.37 bits per heavy atom. The van der Waals surface area contributed by atoms with Gasteiger partial charge in [0.15, 0.2) is 0 Å². The van der Waals surface area contributed by atoms with Gasteiger partial charge in [0.1, 0.15) is 0 Å². The maximum absolute atomic E-state index is 10.9. The second kappa shape index (κ2) is 6.71. The molecule has 0 unspecified atom stereocenters. The summed E-state index contributed by atoms with van der Waals surface area (Å²) in [6, 6.07) is 8.57. The summed E-state index contributed by atoms with van der Waals surface area (Å²) in [5, 5.41) is 2.82. The summed E-state index contributed by atoms with van der Waals surface area (Å²) in [4.78, 5) is 13.4. The van der Waals surface area contributed by atoms with E-state index in [1.54, 1.807) is 6.92 Å². The van der Waals surface area contributed by atoms with Gasteiger partial charge in [-0.2, -0.15) is 0 Å². The second-order valence-corrected chi connectivity index (χ2v) is 5.68. The van der Waals surface area contributed by atoms with Crippen LogP contribution in [-0.4, -0.2) is 23.9 Å². The van der Waals surface area contributed by atoms with Crippen molar-refractivity contribution in [3.05, 3.63) is 35.4 Å². The van der Waals surface area contributed by atoms with Gasteiger partial charge in [-0.15, -0.1) is 0 Å². The third kappa shape index (κ3) is 4.67. The first-order valence-electron chi connectivity index (χ1n) is 7.18. The Morgan fingerprint density at radius 1 is 1.21 bits per heavy atom. The molecule has 0 aromatic heterocycles. The van der Waals surface area contributed by atoms with Crippen molar-refractivity contribution in [2.75, 3.05) is 13.1 Å². The van der Waals surface area contributed by atoms with Gasteiger partial charge in [0.25, 0.3) is 0 Å². The largest absolute Gasteiger partial charge is 0.352 e. The van der Waals surface area contributed by atoms with Gasteiger partial charge in [-0.3, -0.25) is 9.69 Å². The van der Waals surface area contributed by atoms with Gasteiger partial charge < -0.3 is 5.32 Å². The number of hydrogen-bond donors (Lipinski definition) is 1. The number of nitrogens with zero attached hydrogens (tertiary/aromatic N) is 1. The third-order valence-electron chi connectivity index (χ3n) is 3.85. The van der Waals surface area contributed by atoms with Crippen molar-refractivity contribution in [3.8, 4) is 0 Å². The molecule has 0 radical (unpaired) electrons. The van der Waals surface area contributed by atoms with Crippen molar-refractivity contribution in [1.29, 1.82) is 0 Å². The Hall–Kier alpha value is -1.35. The van der Waals surface area contributed by atoms with Crippen molar-refractivity contribution >= 4 is 5.91 Å². The first-order valence-corrected chi connectivity index (χ1v) is 7.18. The van der Waals surface area contributed by atoms with Crippen LogP contribution in [0.5, 0.6) is 0 Å². The van der Waals surface area contributed by atoms with Crippen LogP contribution in [0.2, 0.25) is 0 Å². The molecule has 1 amide bonds. The number of carbonyl (C=O) groups is 1. The maximum Gasteiger partial charge on any atom is 0.217 e. The first-order chi connectivity index (χ1) is 9.13. The average Bonchev–Trinajstić information content (AvgIpc) is 2.40. The Kier molecular flexibility index (Phi) is 4.97. The molecule has 0 saturated carbocycles. The highest BCUT2D eigenvalue weighted by Gasteiger charge is 2.15. The predicted octanol–water partition coefficient (Wildman–Crippen LogP) is 2.55. The molecule has 1 N–H and O–H groups in total. The summed E-state index contributed by atoms with van der Waals surface area (Å²) in [7, 11) is 0. The average molecular weight is 260 g/mol. The van der Waals surface area contributed by atoms with E-state index in [0.717, 1.165) is 18.0 Å². The highest BCUT2D eigenvalue weighted by molar-refractivity contribution is 5.72. The Labute approximate surface area is 116 Å². The number of benzene rings is 1. The van der Waals surface area contributed by atoms with Gasteiger partial charge in [-0.1, -0.05) is 31.2 Å². The number of likely N-dealkylation sites (tertiary alicyclic amines) is 1. The number of hydrogen-bond acceptors (Lipinski definition) is 2. The van der Waals surface area contributed by atoms with Crippen LogP contribution in [-0.2, 0) is 17.9 Å². The highest BCUT2D eigenvalue weighted by atomic mass is 16.1. The zero-order chi connectivity index (χ0) is 13.7. The summed E-state index contributed by atoms with van der Waals surface area (Å²) in [6.07, 6.45) is 2.64. The summed E-state index contributed by atoms with van der Waals surface area (Å²) in [6.45, 7) is 7.99. The van der Waals surface area contributed by atoms with E-state index < -0.39 is 0 Å². The fourth-order valence-electron chi connectivity index (χ4n) is 2.47. The molecule has 1 aliphatic rings. The minimum absolute atomic E-state index is 0.0199. The van der Waals surface area contributed by atoms with Crippen molar-refractivity contribution in [3.63, 3.8) is 0 Å². The fourth-order valence-corrected chi connectivity index (χ4v) is 2.47. The molecule has 104 valence electrons. The van der Waals surface area contributed by atoms with Crippen molar-refractivity contribution < 1.29 is 4.79 Å². The molecule has 2 rings (SSSR count). The summed E-state index contributed by atoms with van der Waals surface area (Å²) < 4.78 is 0. The molecule has 3 nitrogen and oxygen atoms in total. The van der Waals surface area contributed by atoms with Crippen LogP contribution in [0.3, 0.4) is 0 Å². The van der Waals surface area contributed by atoms with Gasteiger partial charge in [-0.05, 0) is 43.0 Å². The first kappa shape index (κ1) is 14.1. The molecule has 3 heteroatoms. The Balaban J connectivity index is 1.83. The molecule has 1 aromatic carbocycles. The lowest BCUT2D eigenvalue weighted by Gasteiger charge is -2.30. The molecule has 0 spiro atoms. The van der Waals surface area contributed by atoms with E-state index in [2.05, 4.69) is 41.4 Å². The minimum Gasteiger partial charge on any atom is -0.352 e. The summed E-state index contributed by atoms with van der Waals surface area (Å²) in [5.41, 5.74) is 2.52. The number of amides is 1. The van der Waals surface area contributed by atoms with Crippen LogP contribution >= 0.6 is 0 Å². The molecule has 1 aromatic rings. The highest BCUT2D eigenvalue weighted by Crippen LogP contribution is 2.18. The quantitative estimate of drug-likeness (QED) is 0.902. The van der Waals surface area contributed by atoms with E-state index in [1.807, 2.05) is 0 Å². The second-order valence-electron chi connectivity index (χ2n) is 5.68. The molecule has 1 saturated heterocycles. The van der Waals surface area contributed by atoms with Gasteiger partial charge in [0.05, 0.1) is 0 Å². The van der Waals surface area contributed by atoms with Crippen LogP contribution in [0.15, 0.2) is 24.3 Å². The van der Waals surface area contributed by atoms with E-state index in [9.17, 15) is 4.79 Å². The van der Waals surface area contributed by atoms with Crippen LogP contribution in [0.1, 0.15) is 37.8 Å². The van der Waals surface area contributed by atoms with Crippen molar-refractivity contribution in [1.82, 2.24) is 10.2 Å². The molecule has 1 fully saturated rings. The van der Waals surface area contributed by atoms with Crippen LogP contribution in [0.4, 0.5) is 0 Å². The van der Waals surface area contributed by atoms with Gasteiger partial charge in [-0.25, -0.2) is 0 Å². The third-order valence-corrected chi connectivity index (χ3v) is 3.85. The molecule has 1 aliphatic heterocycles. The summed E-state index contributed by atoms with van der Waals surface area (Å²) in [5.74, 6) is 0.905. The van der Waals surface area contributed by atoms with Gasteiger partial charge >= 0.3 is 0 Å². The lowest BCUT2D eigenvalue weighted by Crippen LogP contribution is -2.32. The minimum atomic E-state index is 0.0199. The lowest BCUT2D eigenvalue weighted by molar-refractivity contribution is -0.119. The molecular formula is C16H24N2O. The topological polar surface area (TPSA) is 32.3 Å². The van der Waals surface area contributed by atoms with Crippen molar-refractivity contribution in [2.24, 2.45) is 5.92 Å². The van der Waals surface area contributed by atoms with E-state index >= 15 is 0 Å². The van der Waals surface area contributed by atoms with Gasteiger partial charge in [0.2, 0.25) is 5.91 Å². The zero-order valence-corrected chi connectivity index (χ0v) is 12.0. The number of piperidine rings is 1. The van der Waals surface area contributed by atoms with Crippen LogP contribution in [0, 0.1) is 5.92 Å². The monoisotopic (exact) mass is 260 g/mol.